The van der Waals surface area contributed by atoms with Crippen LogP contribution in [0.5, 0.6) is 0 Å². The van der Waals surface area contributed by atoms with Crippen LogP contribution < -0.4 is 27.8 Å². The van der Waals surface area contributed by atoms with Crippen molar-refractivity contribution in [2.45, 2.75) is 31.3 Å². The van der Waals surface area contributed by atoms with Gasteiger partial charge in [0.15, 0.2) is 11.9 Å². The van der Waals surface area contributed by atoms with Crippen molar-refractivity contribution in [1.82, 2.24) is 15.5 Å². The number of rotatable bonds is 7. The monoisotopic (exact) mass is 312 g/mol. The summed E-state index contributed by atoms with van der Waals surface area (Å²) in [4.78, 5) is 28.8. The van der Waals surface area contributed by atoms with Crippen molar-refractivity contribution < 1.29 is 9.59 Å². The fourth-order valence-electron chi connectivity index (χ4n) is 2.06. The van der Waals surface area contributed by atoms with Gasteiger partial charge in [0, 0.05) is 32.6 Å². The molecule has 0 bridgehead atoms. The second-order valence-electron chi connectivity index (χ2n) is 5.18. The summed E-state index contributed by atoms with van der Waals surface area (Å²) in [6.45, 7) is 0.778. The number of amides is 2. The number of nitrogens with zero attached hydrogens (tertiary/aromatic N) is 2. The van der Waals surface area contributed by atoms with E-state index in [2.05, 4.69) is 15.6 Å². The summed E-state index contributed by atoms with van der Waals surface area (Å²) in [5, 5.41) is 12.4. The summed E-state index contributed by atoms with van der Waals surface area (Å²) in [5.41, 5.74) is 16.5. The van der Waals surface area contributed by atoms with Crippen LogP contribution in [0.1, 0.15) is 19.3 Å². The number of likely N-dealkylation sites (N-methyl/N-ethyl adjacent to an activating group) is 1. The Morgan fingerprint density at radius 2 is 2.32 bits per heavy atom. The molecule has 0 aromatic carbocycles. The molecular formula is C12H24N8O2. The average molecular weight is 312 g/mol. The number of carbonyl (C=O) groups is 2. The Kier molecular flexibility index (Phi) is 6.57. The first-order chi connectivity index (χ1) is 10.3. The highest BCUT2D eigenvalue weighted by molar-refractivity contribution is 5.99. The van der Waals surface area contributed by atoms with Crippen LogP contribution in [-0.2, 0) is 9.59 Å². The molecule has 22 heavy (non-hydrogen) atoms. The van der Waals surface area contributed by atoms with Crippen LogP contribution in [0, 0.1) is 5.41 Å². The molecule has 2 unspecified atom stereocenters. The zero-order valence-corrected chi connectivity index (χ0v) is 12.6. The molecular weight excluding hydrogens is 288 g/mol. The maximum atomic E-state index is 12.1. The zero-order valence-electron chi connectivity index (χ0n) is 12.6. The third kappa shape index (κ3) is 5.56. The van der Waals surface area contributed by atoms with E-state index in [-0.39, 0.29) is 36.8 Å². The van der Waals surface area contributed by atoms with Gasteiger partial charge in [-0.15, -0.1) is 0 Å². The SMILES string of the molecule is CN(C(=O)CC(N)CCCNC(=N)N)C1CNC(N)=NC1=O. The Morgan fingerprint density at radius 3 is 2.91 bits per heavy atom. The molecule has 0 aromatic heterocycles. The van der Waals surface area contributed by atoms with Gasteiger partial charge in [0.1, 0.15) is 6.04 Å². The molecule has 1 heterocycles. The Hall–Kier alpha value is -2.36. The van der Waals surface area contributed by atoms with Crippen LogP contribution in [0.3, 0.4) is 0 Å². The number of nitrogens with one attached hydrogen (secondary N) is 3. The van der Waals surface area contributed by atoms with Crippen LogP contribution in [-0.4, -0.2) is 60.9 Å². The molecule has 0 aromatic rings. The summed E-state index contributed by atoms with van der Waals surface area (Å²) in [7, 11) is 1.55. The number of carbonyl (C=O) groups excluding carboxylic acids is 2. The van der Waals surface area contributed by atoms with E-state index in [1.165, 1.54) is 4.90 Å². The molecule has 10 heteroatoms. The van der Waals surface area contributed by atoms with Crippen molar-refractivity contribution in [3.05, 3.63) is 0 Å². The molecule has 2 atom stereocenters. The smallest absolute Gasteiger partial charge is 0.273 e. The predicted molar refractivity (Wildman–Crippen MR) is 82.9 cm³/mol. The molecule has 0 radical (unpaired) electrons. The van der Waals surface area contributed by atoms with Gasteiger partial charge in [-0.2, -0.15) is 4.99 Å². The molecule has 9 N–H and O–H groups in total. The van der Waals surface area contributed by atoms with Gasteiger partial charge in [-0.05, 0) is 12.8 Å². The quantitative estimate of drug-likeness (QED) is 0.167. The first kappa shape index (κ1) is 17.7. The van der Waals surface area contributed by atoms with Gasteiger partial charge in [-0.1, -0.05) is 0 Å². The Morgan fingerprint density at radius 1 is 1.64 bits per heavy atom. The van der Waals surface area contributed by atoms with Crippen molar-refractivity contribution in [2.75, 3.05) is 20.1 Å². The van der Waals surface area contributed by atoms with Gasteiger partial charge in [0.05, 0.1) is 0 Å². The van der Waals surface area contributed by atoms with E-state index >= 15 is 0 Å². The second-order valence-corrected chi connectivity index (χ2v) is 5.18. The topological polar surface area (TPSA) is 176 Å². The lowest BCUT2D eigenvalue weighted by Gasteiger charge is -2.29. The van der Waals surface area contributed by atoms with Gasteiger partial charge in [-0.3, -0.25) is 15.0 Å². The van der Waals surface area contributed by atoms with Crippen molar-refractivity contribution in [3.63, 3.8) is 0 Å². The van der Waals surface area contributed by atoms with Gasteiger partial charge in [0.25, 0.3) is 5.91 Å². The third-order valence-corrected chi connectivity index (χ3v) is 3.36. The van der Waals surface area contributed by atoms with E-state index < -0.39 is 11.9 Å². The van der Waals surface area contributed by atoms with Crippen LogP contribution >= 0.6 is 0 Å². The summed E-state index contributed by atoms with van der Waals surface area (Å²) < 4.78 is 0. The molecule has 1 aliphatic heterocycles. The second kappa shape index (κ2) is 8.17. The van der Waals surface area contributed by atoms with E-state index in [0.717, 1.165) is 0 Å². The van der Waals surface area contributed by atoms with Crippen LogP contribution in [0.2, 0.25) is 0 Å². The highest BCUT2D eigenvalue weighted by Gasteiger charge is 2.30. The van der Waals surface area contributed by atoms with Crippen LogP contribution in [0.4, 0.5) is 0 Å². The summed E-state index contributed by atoms with van der Waals surface area (Å²) in [6.07, 6.45) is 1.45. The van der Waals surface area contributed by atoms with E-state index in [4.69, 9.17) is 22.6 Å². The fourth-order valence-corrected chi connectivity index (χ4v) is 2.06. The van der Waals surface area contributed by atoms with Gasteiger partial charge < -0.3 is 32.7 Å². The lowest BCUT2D eigenvalue weighted by Crippen LogP contribution is -2.54. The average Bonchev–Trinajstić information content (AvgIpc) is 2.42. The molecule has 0 saturated carbocycles. The molecule has 10 nitrogen and oxygen atoms in total. The molecule has 124 valence electrons. The molecule has 1 aliphatic rings. The summed E-state index contributed by atoms with van der Waals surface area (Å²) in [5.74, 6) is -0.682. The summed E-state index contributed by atoms with van der Waals surface area (Å²) in [6, 6.07) is -0.977. The van der Waals surface area contributed by atoms with Gasteiger partial charge >= 0.3 is 0 Å². The fraction of sp³-hybridized carbons (Fsp3) is 0.667. The molecule has 0 saturated heterocycles. The van der Waals surface area contributed by atoms with Crippen molar-refractivity contribution >= 4 is 23.7 Å². The van der Waals surface area contributed by atoms with Gasteiger partial charge in [-0.25, -0.2) is 0 Å². The van der Waals surface area contributed by atoms with Crippen LogP contribution in [0.15, 0.2) is 4.99 Å². The molecule has 1 rings (SSSR count). The molecule has 0 spiro atoms. The van der Waals surface area contributed by atoms with Crippen molar-refractivity contribution in [1.29, 1.82) is 5.41 Å². The number of nitrogens with two attached hydrogens (primary N) is 3. The lowest BCUT2D eigenvalue weighted by atomic mass is 10.1. The molecule has 0 aliphatic carbocycles. The van der Waals surface area contributed by atoms with Crippen LogP contribution in [0.25, 0.3) is 0 Å². The normalized spacial score (nSPS) is 18.9. The number of aliphatic imine (C=N–C) groups is 1. The highest BCUT2D eigenvalue weighted by Crippen LogP contribution is 2.07. The Balaban J connectivity index is 2.37. The highest BCUT2D eigenvalue weighted by atomic mass is 16.2. The number of guanidine groups is 2. The maximum Gasteiger partial charge on any atom is 0.273 e. The lowest BCUT2D eigenvalue weighted by molar-refractivity contribution is -0.138. The zero-order chi connectivity index (χ0) is 16.7. The largest absolute Gasteiger partial charge is 0.370 e. The number of hydrogen-bond acceptors (Lipinski definition) is 6. The summed E-state index contributed by atoms with van der Waals surface area (Å²) >= 11 is 0. The molecule has 0 fully saturated rings. The predicted octanol–water partition coefficient (Wildman–Crippen LogP) is -2.76. The minimum Gasteiger partial charge on any atom is -0.370 e. The first-order valence-corrected chi connectivity index (χ1v) is 7.02. The van der Waals surface area contributed by atoms with E-state index in [9.17, 15) is 9.59 Å². The first-order valence-electron chi connectivity index (χ1n) is 7.02. The third-order valence-electron chi connectivity index (χ3n) is 3.36. The minimum absolute atomic E-state index is 0.0665. The van der Waals surface area contributed by atoms with E-state index in [1.54, 1.807) is 7.05 Å². The van der Waals surface area contributed by atoms with Crippen molar-refractivity contribution in [3.8, 4) is 0 Å². The number of hydrogen-bond donors (Lipinski definition) is 6. The Bertz CT molecular complexity index is 464. The van der Waals surface area contributed by atoms with E-state index in [0.29, 0.717) is 19.4 Å². The van der Waals surface area contributed by atoms with E-state index in [1.807, 2.05) is 0 Å². The Labute approximate surface area is 129 Å². The van der Waals surface area contributed by atoms with Gasteiger partial charge in [0.2, 0.25) is 5.91 Å². The standard InChI is InChI=1S/C12H24N8O2/c1-20(8-6-18-12(16)19-10(8)22)9(21)5-7(13)3-2-4-17-11(14)15/h7-8H,2-6,13H2,1H3,(H4,14,15,17)(H3,16,18,19,22). The minimum atomic E-state index is -0.661. The van der Waals surface area contributed by atoms with Crippen molar-refractivity contribution in [2.24, 2.45) is 22.2 Å². The maximum absolute atomic E-state index is 12.1. The molecule has 2 amide bonds.